The van der Waals surface area contributed by atoms with Crippen molar-refractivity contribution in [2.24, 2.45) is 0 Å². The molecule has 0 aromatic carbocycles. The summed E-state index contributed by atoms with van der Waals surface area (Å²) in [6.45, 7) is 9.81. The summed E-state index contributed by atoms with van der Waals surface area (Å²) in [7, 11) is 0. The van der Waals surface area contributed by atoms with Gasteiger partial charge in [-0.15, -0.1) is 0 Å². The normalized spacial score (nSPS) is 20.6. The molecule has 1 aliphatic heterocycles. The van der Waals surface area contributed by atoms with Crippen LogP contribution in [0.5, 0.6) is 0 Å². The van der Waals surface area contributed by atoms with Gasteiger partial charge in [0.15, 0.2) is 0 Å². The predicted octanol–water partition coefficient (Wildman–Crippen LogP) is 1.86. The molecule has 2 heterocycles. The van der Waals surface area contributed by atoms with Crippen molar-refractivity contribution >= 4 is 5.82 Å². The van der Waals surface area contributed by atoms with E-state index in [1.165, 1.54) is 25.9 Å². The summed E-state index contributed by atoms with van der Waals surface area (Å²) in [5.74, 6) is 1.14. The SMILES string of the molecule is CC(C)NCc1cccc(N2CCN(C3CC3)CC2)n1. The van der Waals surface area contributed by atoms with Crippen molar-refractivity contribution in [1.29, 1.82) is 0 Å². The summed E-state index contributed by atoms with van der Waals surface area (Å²) in [4.78, 5) is 9.87. The van der Waals surface area contributed by atoms with Crippen LogP contribution in [-0.4, -0.2) is 48.1 Å². The fourth-order valence-corrected chi connectivity index (χ4v) is 2.81. The maximum atomic E-state index is 4.80. The minimum atomic E-state index is 0.502. The van der Waals surface area contributed by atoms with Crippen molar-refractivity contribution in [3.05, 3.63) is 23.9 Å². The Kier molecular flexibility index (Phi) is 4.22. The molecule has 0 bridgehead atoms. The molecular weight excluding hydrogens is 248 g/mol. The molecule has 2 aliphatic rings. The Morgan fingerprint density at radius 3 is 2.60 bits per heavy atom. The molecule has 1 aromatic rings. The van der Waals surface area contributed by atoms with E-state index in [4.69, 9.17) is 4.98 Å². The van der Waals surface area contributed by atoms with E-state index in [2.05, 4.69) is 47.2 Å². The van der Waals surface area contributed by atoms with Crippen LogP contribution in [0.4, 0.5) is 5.82 Å². The van der Waals surface area contributed by atoms with Crippen LogP contribution in [0.25, 0.3) is 0 Å². The molecule has 0 spiro atoms. The van der Waals surface area contributed by atoms with E-state index in [1.54, 1.807) is 0 Å². The topological polar surface area (TPSA) is 31.4 Å². The van der Waals surface area contributed by atoms with Gasteiger partial charge in [0.05, 0.1) is 5.69 Å². The summed E-state index contributed by atoms with van der Waals surface area (Å²) in [5, 5.41) is 3.43. The smallest absolute Gasteiger partial charge is 0.128 e. The standard InChI is InChI=1S/C16H26N4/c1-13(2)17-12-14-4-3-5-16(18-14)20-10-8-19(9-11-20)15-6-7-15/h3-5,13,15,17H,6-12H2,1-2H3. The van der Waals surface area contributed by atoms with Crippen molar-refractivity contribution < 1.29 is 0 Å². The van der Waals surface area contributed by atoms with Gasteiger partial charge >= 0.3 is 0 Å². The number of hydrogen-bond donors (Lipinski definition) is 1. The van der Waals surface area contributed by atoms with Crippen LogP contribution in [0.3, 0.4) is 0 Å². The summed E-state index contributed by atoms with van der Waals surface area (Å²) >= 11 is 0. The van der Waals surface area contributed by atoms with Gasteiger partial charge in [-0.25, -0.2) is 4.98 Å². The van der Waals surface area contributed by atoms with Gasteiger partial charge in [-0.2, -0.15) is 0 Å². The lowest BCUT2D eigenvalue weighted by atomic mass is 10.2. The number of nitrogens with one attached hydrogen (secondary N) is 1. The predicted molar refractivity (Wildman–Crippen MR) is 83.0 cm³/mol. The summed E-state index contributed by atoms with van der Waals surface area (Å²) in [6, 6.07) is 7.78. The van der Waals surface area contributed by atoms with Gasteiger partial charge in [-0.05, 0) is 25.0 Å². The highest BCUT2D eigenvalue weighted by Crippen LogP contribution is 2.28. The molecule has 3 rings (SSSR count). The Morgan fingerprint density at radius 2 is 1.95 bits per heavy atom. The van der Waals surface area contributed by atoms with Crippen molar-refractivity contribution in [2.45, 2.75) is 45.3 Å². The molecule has 0 radical (unpaired) electrons. The molecule has 110 valence electrons. The van der Waals surface area contributed by atoms with Crippen molar-refractivity contribution in [1.82, 2.24) is 15.2 Å². The zero-order chi connectivity index (χ0) is 13.9. The summed E-state index contributed by atoms with van der Waals surface area (Å²) in [6.07, 6.45) is 2.82. The van der Waals surface area contributed by atoms with Crippen LogP contribution < -0.4 is 10.2 Å². The van der Waals surface area contributed by atoms with Gasteiger partial charge in [0.2, 0.25) is 0 Å². The Morgan fingerprint density at radius 1 is 1.20 bits per heavy atom. The van der Waals surface area contributed by atoms with Crippen LogP contribution >= 0.6 is 0 Å². The van der Waals surface area contributed by atoms with E-state index in [-0.39, 0.29) is 0 Å². The zero-order valence-electron chi connectivity index (χ0n) is 12.7. The zero-order valence-corrected chi connectivity index (χ0v) is 12.7. The number of hydrogen-bond acceptors (Lipinski definition) is 4. The second-order valence-corrected chi connectivity index (χ2v) is 6.28. The van der Waals surface area contributed by atoms with Gasteiger partial charge in [0, 0.05) is 44.8 Å². The molecule has 20 heavy (non-hydrogen) atoms. The summed E-state index contributed by atoms with van der Waals surface area (Å²) < 4.78 is 0. The highest BCUT2D eigenvalue weighted by atomic mass is 15.3. The van der Waals surface area contributed by atoms with Crippen LogP contribution in [0.1, 0.15) is 32.4 Å². The fourth-order valence-electron chi connectivity index (χ4n) is 2.81. The molecule has 0 amide bonds. The molecular formula is C16H26N4. The molecule has 4 nitrogen and oxygen atoms in total. The van der Waals surface area contributed by atoms with E-state index >= 15 is 0 Å². The number of rotatable bonds is 5. The lowest BCUT2D eigenvalue weighted by Crippen LogP contribution is -2.47. The number of anilines is 1. The first-order valence-corrected chi connectivity index (χ1v) is 7.90. The Labute approximate surface area is 122 Å². The van der Waals surface area contributed by atoms with Crippen LogP contribution in [0, 0.1) is 0 Å². The molecule has 0 atom stereocenters. The van der Waals surface area contributed by atoms with E-state index in [0.29, 0.717) is 6.04 Å². The van der Waals surface area contributed by atoms with Crippen molar-refractivity contribution in [2.75, 3.05) is 31.1 Å². The third-order valence-corrected chi connectivity index (χ3v) is 4.19. The molecule has 1 saturated heterocycles. The second-order valence-electron chi connectivity index (χ2n) is 6.28. The first kappa shape index (κ1) is 13.8. The maximum absolute atomic E-state index is 4.80. The second kappa shape index (κ2) is 6.10. The number of nitrogens with zero attached hydrogens (tertiary/aromatic N) is 3. The number of piperazine rings is 1. The third kappa shape index (κ3) is 3.49. The Bertz CT molecular complexity index is 434. The fraction of sp³-hybridized carbons (Fsp3) is 0.688. The first-order chi connectivity index (χ1) is 9.72. The maximum Gasteiger partial charge on any atom is 0.128 e. The van der Waals surface area contributed by atoms with Gasteiger partial charge in [-0.3, -0.25) is 4.90 Å². The van der Waals surface area contributed by atoms with Crippen LogP contribution in [0.15, 0.2) is 18.2 Å². The monoisotopic (exact) mass is 274 g/mol. The summed E-state index contributed by atoms with van der Waals surface area (Å²) in [5.41, 5.74) is 1.14. The molecule has 0 unspecified atom stereocenters. The molecule has 1 saturated carbocycles. The van der Waals surface area contributed by atoms with Gasteiger partial charge in [0.1, 0.15) is 5.82 Å². The van der Waals surface area contributed by atoms with Gasteiger partial charge in [0.25, 0.3) is 0 Å². The number of aromatic nitrogens is 1. The molecule has 1 N–H and O–H groups in total. The lowest BCUT2D eigenvalue weighted by molar-refractivity contribution is 0.247. The van der Waals surface area contributed by atoms with Crippen molar-refractivity contribution in [3.8, 4) is 0 Å². The largest absolute Gasteiger partial charge is 0.354 e. The average molecular weight is 274 g/mol. The minimum Gasteiger partial charge on any atom is -0.354 e. The highest BCUT2D eigenvalue weighted by molar-refractivity contribution is 5.40. The Balaban J connectivity index is 1.57. The van der Waals surface area contributed by atoms with Gasteiger partial charge < -0.3 is 10.2 Å². The lowest BCUT2D eigenvalue weighted by Gasteiger charge is -2.35. The van der Waals surface area contributed by atoms with Crippen LogP contribution in [0.2, 0.25) is 0 Å². The highest BCUT2D eigenvalue weighted by Gasteiger charge is 2.31. The van der Waals surface area contributed by atoms with Gasteiger partial charge in [-0.1, -0.05) is 19.9 Å². The quantitative estimate of drug-likeness (QED) is 0.888. The van der Waals surface area contributed by atoms with E-state index in [9.17, 15) is 0 Å². The third-order valence-electron chi connectivity index (χ3n) is 4.19. The van der Waals surface area contributed by atoms with E-state index in [0.717, 1.165) is 37.2 Å². The van der Waals surface area contributed by atoms with E-state index < -0.39 is 0 Å². The average Bonchev–Trinajstić information content (AvgIpc) is 3.30. The first-order valence-electron chi connectivity index (χ1n) is 7.90. The number of pyridine rings is 1. The van der Waals surface area contributed by atoms with E-state index in [1.807, 2.05) is 0 Å². The molecule has 2 fully saturated rings. The molecule has 1 aliphatic carbocycles. The molecule has 4 heteroatoms. The Hall–Kier alpha value is -1.13. The van der Waals surface area contributed by atoms with Crippen LogP contribution in [-0.2, 0) is 6.54 Å². The molecule has 1 aromatic heterocycles. The minimum absolute atomic E-state index is 0.502. The van der Waals surface area contributed by atoms with Crippen molar-refractivity contribution in [3.63, 3.8) is 0 Å².